The number of fused-ring (bicyclic) bond motifs is 2. The van der Waals surface area contributed by atoms with Crippen LogP contribution in [0.2, 0.25) is 0 Å². The Labute approximate surface area is 130 Å². The Morgan fingerprint density at radius 2 is 1.73 bits per heavy atom. The highest BCUT2D eigenvalue weighted by molar-refractivity contribution is 8.04. The third-order valence-corrected chi connectivity index (χ3v) is 4.63. The summed E-state index contributed by atoms with van der Waals surface area (Å²) >= 11 is 1.38. The van der Waals surface area contributed by atoms with Gasteiger partial charge in [-0.3, -0.25) is 4.79 Å². The largest absolute Gasteiger partial charge is 0.422 e. The normalized spacial score (nSPS) is 15.5. The molecule has 0 unspecified atom stereocenters. The Kier molecular flexibility index (Phi) is 2.98. The predicted octanol–water partition coefficient (Wildman–Crippen LogP) is 4.12. The fourth-order valence-corrected chi connectivity index (χ4v) is 3.50. The molecule has 0 atom stereocenters. The topological polar surface area (TPSA) is 47.3 Å². The highest BCUT2D eigenvalue weighted by Crippen LogP contribution is 2.40. The number of Topliss-reactive ketones (excluding diaryl/α,β-unsaturated/α-hetero) is 1. The average Bonchev–Trinajstić information content (AvgIpc) is 2.85. The number of carbonyl (C=O) groups is 1. The summed E-state index contributed by atoms with van der Waals surface area (Å²) in [6, 6.07) is 16.5. The van der Waals surface area contributed by atoms with Crippen LogP contribution in [0.1, 0.15) is 15.9 Å². The molecule has 2 heterocycles. The second kappa shape index (κ2) is 5.00. The molecule has 0 radical (unpaired) electrons. The van der Waals surface area contributed by atoms with E-state index in [9.17, 15) is 9.59 Å². The van der Waals surface area contributed by atoms with E-state index in [-0.39, 0.29) is 5.78 Å². The first-order valence-corrected chi connectivity index (χ1v) is 7.60. The SMILES string of the molecule is O=C1C(=Cc2cc3ccccc3oc2=O)Sc2ccccc21. The van der Waals surface area contributed by atoms with E-state index in [0.717, 1.165) is 10.3 Å². The van der Waals surface area contributed by atoms with Gasteiger partial charge in [0, 0.05) is 15.8 Å². The standard InChI is InChI=1S/C18H10O3S/c19-17-13-6-2-4-8-15(13)22-16(17)10-12-9-11-5-1-3-7-14(11)21-18(12)20/h1-10H. The highest BCUT2D eigenvalue weighted by atomic mass is 32.2. The zero-order chi connectivity index (χ0) is 15.1. The molecule has 4 heteroatoms. The fraction of sp³-hybridized carbons (Fsp3) is 0. The molecule has 1 aromatic heterocycles. The van der Waals surface area contributed by atoms with Crippen molar-refractivity contribution in [2.24, 2.45) is 0 Å². The number of ketones is 1. The molecule has 0 N–H and O–H groups in total. The molecule has 22 heavy (non-hydrogen) atoms. The van der Waals surface area contributed by atoms with Crippen molar-refractivity contribution in [1.29, 1.82) is 0 Å². The van der Waals surface area contributed by atoms with E-state index in [2.05, 4.69) is 0 Å². The van der Waals surface area contributed by atoms with E-state index >= 15 is 0 Å². The lowest BCUT2D eigenvalue weighted by atomic mass is 10.1. The van der Waals surface area contributed by atoms with Gasteiger partial charge in [-0.2, -0.15) is 0 Å². The third kappa shape index (κ3) is 2.09. The summed E-state index contributed by atoms with van der Waals surface area (Å²) in [5.41, 5.74) is 1.19. The number of hydrogen-bond acceptors (Lipinski definition) is 4. The Hall–Kier alpha value is -2.59. The van der Waals surface area contributed by atoms with Crippen molar-refractivity contribution in [2.75, 3.05) is 0 Å². The molecule has 3 aromatic rings. The summed E-state index contributed by atoms with van der Waals surface area (Å²) in [6.07, 6.45) is 1.62. The van der Waals surface area contributed by atoms with Crippen molar-refractivity contribution in [1.82, 2.24) is 0 Å². The highest BCUT2D eigenvalue weighted by Gasteiger charge is 2.25. The minimum atomic E-state index is -0.435. The first-order chi connectivity index (χ1) is 10.7. The van der Waals surface area contributed by atoms with Crippen LogP contribution in [0.4, 0.5) is 0 Å². The van der Waals surface area contributed by atoms with Crippen LogP contribution >= 0.6 is 11.8 Å². The lowest BCUT2D eigenvalue weighted by Crippen LogP contribution is -2.04. The van der Waals surface area contributed by atoms with E-state index in [1.54, 1.807) is 24.3 Å². The zero-order valence-corrected chi connectivity index (χ0v) is 12.2. The molecule has 0 amide bonds. The molecule has 4 rings (SSSR count). The molecule has 1 aliphatic rings. The number of thioether (sulfide) groups is 1. The first-order valence-electron chi connectivity index (χ1n) is 6.78. The summed E-state index contributed by atoms with van der Waals surface area (Å²) in [5.74, 6) is -0.0480. The van der Waals surface area contributed by atoms with Crippen molar-refractivity contribution in [2.45, 2.75) is 4.90 Å². The van der Waals surface area contributed by atoms with Crippen LogP contribution in [-0.2, 0) is 0 Å². The lowest BCUT2D eigenvalue weighted by molar-refractivity contribution is 0.104. The Morgan fingerprint density at radius 1 is 0.955 bits per heavy atom. The van der Waals surface area contributed by atoms with Crippen LogP contribution < -0.4 is 5.63 Å². The smallest absolute Gasteiger partial charge is 0.343 e. The van der Waals surface area contributed by atoms with Crippen LogP contribution in [0.5, 0.6) is 0 Å². The van der Waals surface area contributed by atoms with Crippen molar-refractivity contribution >= 4 is 34.6 Å². The second-order valence-electron chi connectivity index (χ2n) is 4.96. The van der Waals surface area contributed by atoms with E-state index in [4.69, 9.17) is 4.42 Å². The maximum atomic E-state index is 12.4. The number of rotatable bonds is 1. The summed E-state index contributed by atoms with van der Waals surface area (Å²) in [4.78, 5) is 25.9. The first kappa shape index (κ1) is 13.1. The summed E-state index contributed by atoms with van der Waals surface area (Å²) < 4.78 is 5.29. The van der Waals surface area contributed by atoms with E-state index in [0.29, 0.717) is 21.6 Å². The van der Waals surface area contributed by atoms with Crippen LogP contribution in [0, 0.1) is 0 Å². The van der Waals surface area contributed by atoms with Gasteiger partial charge in [0.15, 0.2) is 0 Å². The lowest BCUT2D eigenvalue weighted by Gasteiger charge is -1.99. The maximum Gasteiger partial charge on any atom is 0.343 e. The van der Waals surface area contributed by atoms with Gasteiger partial charge in [0.05, 0.1) is 10.5 Å². The quantitative estimate of drug-likeness (QED) is 0.501. The molecule has 0 saturated carbocycles. The predicted molar refractivity (Wildman–Crippen MR) is 87.1 cm³/mol. The molecular weight excluding hydrogens is 296 g/mol. The molecule has 106 valence electrons. The van der Waals surface area contributed by atoms with Crippen molar-refractivity contribution in [3.05, 3.63) is 81.0 Å². The van der Waals surface area contributed by atoms with E-state index in [1.807, 2.05) is 36.4 Å². The summed E-state index contributed by atoms with van der Waals surface area (Å²) in [7, 11) is 0. The summed E-state index contributed by atoms with van der Waals surface area (Å²) in [6.45, 7) is 0. The molecule has 0 spiro atoms. The number of carbonyl (C=O) groups excluding carboxylic acids is 1. The van der Waals surface area contributed by atoms with Crippen LogP contribution in [0.25, 0.3) is 17.0 Å². The third-order valence-electron chi connectivity index (χ3n) is 3.53. The van der Waals surface area contributed by atoms with Gasteiger partial charge in [0.1, 0.15) is 5.58 Å². The fourth-order valence-electron chi connectivity index (χ4n) is 2.46. The van der Waals surface area contributed by atoms with Crippen molar-refractivity contribution in [3.63, 3.8) is 0 Å². The van der Waals surface area contributed by atoms with E-state index < -0.39 is 5.63 Å². The second-order valence-corrected chi connectivity index (χ2v) is 6.05. The monoisotopic (exact) mass is 306 g/mol. The average molecular weight is 306 g/mol. The molecule has 3 nitrogen and oxygen atoms in total. The summed E-state index contributed by atoms with van der Waals surface area (Å²) in [5, 5.41) is 0.835. The number of allylic oxidation sites excluding steroid dienone is 1. The van der Waals surface area contributed by atoms with Crippen molar-refractivity contribution < 1.29 is 9.21 Å². The van der Waals surface area contributed by atoms with Gasteiger partial charge in [-0.05, 0) is 30.3 Å². The minimum Gasteiger partial charge on any atom is -0.422 e. The van der Waals surface area contributed by atoms with Gasteiger partial charge < -0.3 is 4.42 Å². The van der Waals surface area contributed by atoms with Gasteiger partial charge in [-0.15, -0.1) is 0 Å². The Morgan fingerprint density at radius 3 is 2.59 bits per heavy atom. The maximum absolute atomic E-state index is 12.4. The van der Waals surface area contributed by atoms with Crippen LogP contribution in [-0.4, -0.2) is 5.78 Å². The number of benzene rings is 2. The Bertz CT molecular complexity index is 998. The van der Waals surface area contributed by atoms with Gasteiger partial charge >= 0.3 is 5.63 Å². The molecule has 0 fully saturated rings. The molecule has 1 aliphatic heterocycles. The van der Waals surface area contributed by atoms with Gasteiger partial charge in [-0.25, -0.2) is 4.79 Å². The molecule has 0 aliphatic carbocycles. The van der Waals surface area contributed by atoms with Gasteiger partial charge in [-0.1, -0.05) is 42.1 Å². The zero-order valence-electron chi connectivity index (χ0n) is 11.4. The molecule has 2 aromatic carbocycles. The molecule has 0 bridgehead atoms. The van der Waals surface area contributed by atoms with E-state index in [1.165, 1.54) is 11.8 Å². The molecular formula is C18H10O3S. The van der Waals surface area contributed by atoms with Gasteiger partial charge in [0.25, 0.3) is 0 Å². The number of hydrogen-bond donors (Lipinski definition) is 0. The van der Waals surface area contributed by atoms with Crippen LogP contribution in [0.3, 0.4) is 0 Å². The molecule has 0 saturated heterocycles. The minimum absolute atomic E-state index is 0.0480. The van der Waals surface area contributed by atoms with Crippen LogP contribution in [0.15, 0.2) is 73.6 Å². The van der Waals surface area contributed by atoms with Crippen molar-refractivity contribution in [3.8, 4) is 0 Å². The van der Waals surface area contributed by atoms with Gasteiger partial charge in [0.2, 0.25) is 5.78 Å². The Balaban J connectivity index is 1.83. The number of para-hydroxylation sites is 1.